The molecule has 0 radical (unpaired) electrons. The van der Waals surface area contributed by atoms with Gasteiger partial charge in [0.25, 0.3) is 0 Å². The quantitative estimate of drug-likeness (QED) is 0.347. The molecular formula is C26H33ClN4O4. The molecule has 0 fully saturated rings. The molecule has 2 aromatic carbocycles. The number of carbonyl (C=O) groups is 1. The number of ether oxygens (including phenoxy) is 3. The molecule has 0 bridgehead atoms. The number of rotatable bonds is 10. The topological polar surface area (TPSA) is 76.0 Å². The SMILES string of the molecule is COCO[C@@H](CN1C=NC(=Nc2ccc(C(C)C)c(C)c2)N(Cc2ccc(Cl)cc2)C1)C(=O)OC. The normalized spacial score (nSPS) is 15.7. The number of aryl methyl sites for hydroxylation is 1. The predicted molar refractivity (Wildman–Crippen MR) is 138 cm³/mol. The van der Waals surface area contributed by atoms with Gasteiger partial charge in [0.2, 0.25) is 5.96 Å². The molecule has 8 nitrogen and oxygen atoms in total. The van der Waals surface area contributed by atoms with E-state index in [4.69, 9.17) is 30.8 Å². The monoisotopic (exact) mass is 500 g/mol. The highest BCUT2D eigenvalue weighted by atomic mass is 35.5. The highest BCUT2D eigenvalue weighted by Gasteiger charge is 2.26. The number of nitrogens with zero attached hydrogens (tertiary/aromatic N) is 4. The van der Waals surface area contributed by atoms with Crippen LogP contribution < -0.4 is 0 Å². The van der Waals surface area contributed by atoms with Gasteiger partial charge in [-0.25, -0.2) is 14.8 Å². The third-order valence-electron chi connectivity index (χ3n) is 5.61. The lowest BCUT2D eigenvalue weighted by molar-refractivity contribution is -0.163. The Bertz CT molecular complexity index is 1060. The molecule has 0 saturated heterocycles. The largest absolute Gasteiger partial charge is 0.467 e. The zero-order chi connectivity index (χ0) is 25.4. The fraction of sp³-hybridized carbons (Fsp3) is 0.423. The summed E-state index contributed by atoms with van der Waals surface area (Å²) in [6, 6.07) is 13.9. The molecule has 0 aliphatic carbocycles. The molecule has 2 aromatic rings. The average Bonchev–Trinajstić information content (AvgIpc) is 2.84. The Labute approximate surface area is 212 Å². The van der Waals surface area contributed by atoms with Gasteiger partial charge >= 0.3 is 5.97 Å². The van der Waals surface area contributed by atoms with E-state index in [1.807, 2.05) is 40.1 Å². The van der Waals surface area contributed by atoms with Gasteiger partial charge in [-0.3, -0.25) is 0 Å². The minimum absolute atomic E-state index is 0.0162. The summed E-state index contributed by atoms with van der Waals surface area (Å²) in [6.45, 7) is 7.72. The van der Waals surface area contributed by atoms with E-state index in [1.165, 1.54) is 25.3 Å². The van der Waals surface area contributed by atoms with Gasteiger partial charge in [-0.2, -0.15) is 0 Å². The maximum absolute atomic E-state index is 12.2. The summed E-state index contributed by atoms with van der Waals surface area (Å²) >= 11 is 6.07. The summed E-state index contributed by atoms with van der Waals surface area (Å²) in [5.41, 5.74) is 4.40. The second-order valence-corrected chi connectivity index (χ2v) is 9.11. The summed E-state index contributed by atoms with van der Waals surface area (Å²) in [5.74, 6) is 0.558. The van der Waals surface area contributed by atoms with Gasteiger partial charge < -0.3 is 24.0 Å². The Morgan fingerprint density at radius 2 is 1.91 bits per heavy atom. The number of esters is 1. The van der Waals surface area contributed by atoms with Crippen molar-refractivity contribution in [2.45, 2.75) is 39.3 Å². The van der Waals surface area contributed by atoms with Gasteiger partial charge in [0.1, 0.15) is 6.79 Å². The van der Waals surface area contributed by atoms with Crippen molar-refractivity contribution in [2.24, 2.45) is 9.98 Å². The zero-order valence-corrected chi connectivity index (χ0v) is 21.7. The maximum atomic E-state index is 12.2. The Morgan fingerprint density at radius 3 is 2.54 bits per heavy atom. The van der Waals surface area contributed by atoms with Crippen LogP contribution in [0.25, 0.3) is 0 Å². The van der Waals surface area contributed by atoms with Crippen LogP contribution in [-0.4, -0.2) is 68.4 Å². The van der Waals surface area contributed by atoms with Gasteiger partial charge in [-0.1, -0.05) is 43.6 Å². The summed E-state index contributed by atoms with van der Waals surface area (Å²) < 4.78 is 15.4. The number of benzene rings is 2. The second kappa shape index (κ2) is 12.7. The number of aliphatic imine (C=N–C) groups is 2. The first kappa shape index (κ1) is 26.7. The molecule has 1 aliphatic heterocycles. The van der Waals surface area contributed by atoms with Crippen molar-refractivity contribution in [3.8, 4) is 0 Å². The molecule has 1 aliphatic rings. The number of halogens is 1. The van der Waals surface area contributed by atoms with Crippen molar-refractivity contribution in [3.63, 3.8) is 0 Å². The fourth-order valence-corrected chi connectivity index (χ4v) is 3.98. The smallest absolute Gasteiger partial charge is 0.336 e. The van der Waals surface area contributed by atoms with Gasteiger partial charge in [0, 0.05) is 18.7 Å². The van der Waals surface area contributed by atoms with Crippen LogP contribution in [0.1, 0.15) is 36.5 Å². The molecule has 0 amide bonds. The minimum atomic E-state index is -0.812. The highest BCUT2D eigenvalue weighted by molar-refractivity contribution is 6.30. The van der Waals surface area contributed by atoms with Crippen molar-refractivity contribution in [2.75, 3.05) is 34.2 Å². The molecular weight excluding hydrogens is 468 g/mol. The van der Waals surface area contributed by atoms with Crippen LogP contribution in [0.2, 0.25) is 5.02 Å². The Hall–Kier alpha value is -2.94. The summed E-state index contributed by atoms with van der Waals surface area (Å²) in [5, 5.41) is 0.679. The Balaban J connectivity index is 1.87. The molecule has 0 aromatic heterocycles. The molecule has 0 unspecified atom stereocenters. The van der Waals surface area contributed by atoms with E-state index in [0.29, 0.717) is 30.1 Å². The van der Waals surface area contributed by atoms with Crippen LogP contribution in [0.3, 0.4) is 0 Å². The van der Waals surface area contributed by atoms with Crippen LogP contribution in [-0.2, 0) is 25.5 Å². The minimum Gasteiger partial charge on any atom is -0.467 e. The predicted octanol–water partition coefficient (Wildman–Crippen LogP) is 4.73. The Kier molecular flexibility index (Phi) is 9.65. The molecule has 35 heavy (non-hydrogen) atoms. The lowest BCUT2D eigenvalue weighted by atomic mass is 9.98. The molecule has 1 heterocycles. The summed E-state index contributed by atoms with van der Waals surface area (Å²) in [4.78, 5) is 25.6. The lowest BCUT2D eigenvalue weighted by Gasteiger charge is -2.35. The van der Waals surface area contributed by atoms with Crippen molar-refractivity contribution in [1.29, 1.82) is 0 Å². The van der Waals surface area contributed by atoms with Crippen LogP contribution >= 0.6 is 11.6 Å². The van der Waals surface area contributed by atoms with E-state index in [0.717, 1.165) is 11.3 Å². The van der Waals surface area contributed by atoms with Gasteiger partial charge in [-0.05, 0) is 53.8 Å². The first-order chi connectivity index (χ1) is 16.8. The van der Waals surface area contributed by atoms with E-state index >= 15 is 0 Å². The number of carbonyl (C=O) groups excluding carboxylic acids is 1. The third kappa shape index (κ3) is 7.52. The summed E-state index contributed by atoms with van der Waals surface area (Å²) in [6.07, 6.45) is 0.868. The maximum Gasteiger partial charge on any atom is 0.336 e. The molecule has 188 valence electrons. The molecule has 0 saturated carbocycles. The number of methoxy groups -OCH3 is 2. The van der Waals surface area contributed by atoms with Crippen molar-refractivity contribution in [3.05, 3.63) is 64.2 Å². The Morgan fingerprint density at radius 1 is 1.17 bits per heavy atom. The lowest BCUT2D eigenvalue weighted by Crippen LogP contribution is -2.48. The molecule has 9 heteroatoms. The van der Waals surface area contributed by atoms with Crippen LogP contribution in [0.4, 0.5) is 5.69 Å². The zero-order valence-electron chi connectivity index (χ0n) is 20.9. The third-order valence-corrected chi connectivity index (χ3v) is 5.87. The number of guanidine groups is 1. The van der Waals surface area contributed by atoms with Crippen LogP contribution in [0.15, 0.2) is 52.4 Å². The first-order valence-corrected chi connectivity index (χ1v) is 11.8. The second-order valence-electron chi connectivity index (χ2n) is 8.67. The van der Waals surface area contributed by atoms with Crippen LogP contribution in [0.5, 0.6) is 0 Å². The van der Waals surface area contributed by atoms with E-state index in [-0.39, 0.29) is 13.3 Å². The molecule has 3 rings (SSSR count). The number of hydrogen-bond donors (Lipinski definition) is 0. The van der Waals surface area contributed by atoms with Crippen molar-refractivity contribution >= 4 is 35.6 Å². The average molecular weight is 501 g/mol. The first-order valence-electron chi connectivity index (χ1n) is 11.5. The summed E-state index contributed by atoms with van der Waals surface area (Å²) in [7, 11) is 2.84. The van der Waals surface area contributed by atoms with E-state index in [9.17, 15) is 4.79 Å². The molecule has 1 atom stereocenters. The van der Waals surface area contributed by atoms with Gasteiger partial charge in [0.05, 0.1) is 32.3 Å². The van der Waals surface area contributed by atoms with E-state index in [2.05, 4.69) is 37.9 Å². The molecule has 0 N–H and O–H groups in total. The highest BCUT2D eigenvalue weighted by Crippen LogP contribution is 2.25. The fourth-order valence-electron chi connectivity index (χ4n) is 3.85. The van der Waals surface area contributed by atoms with Crippen molar-refractivity contribution in [1.82, 2.24) is 9.80 Å². The standard InChI is InChI=1S/C26H33ClN4O4/c1-18(2)23-11-10-22(12-19(23)3)29-26-28-15-30(14-24(25(32)34-5)35-17-33-4)16-31(26)13-20-6-8-21(27)9-7-20/h6-12,15,18,24H,13-14,16-17H2,1-5H3/t24-/m0/s1. The van der Waals surface area contributed by atoms with Gasteiger partial charge in [0.15, 0.2) is 6.10 Å². The van der Waals surface area contributed by atoms with E-state index in [1.54, 1.807) is 6.34 Å². The molecule has 0 spiro atoms. The van der Waals surface area contributed by atoms with Crippen molar-refractivity contribution < 1.29 is 19.0 Å². The van der Waals surface area contributed by atoms with E-state index < -0.39 is 12.1 Å². The number of hydrogen-bond acceptors (Lipinski definition) is 6. The van der Waals surface area contributed by atoms with Gasteiger partial charge in [-0.15, -0.1) is 0 Å². The van der Waals surface area contributed by atoms with Crippen LogP contribution in [0, 0.1) is 6.92 Å².